The van der Waals surface area contributed by atoms with Crippen LogP contribution in [0.25, 0.3) is 0 Å². The fraction of sp³-hybridized carbons (Fsp3) is 0.500. The number of para-hydroxylation sites is 1. The third-order valence-corrected chi connectivity index (χ3v) is 3.72. The van der Waals surface area contributed by atoms with Gasteiger partial charge in [-0.1, -0.05) is 31.0 Å². The van der Waals surface area contributed by atoms with Crippen LogP contribution in [0.2, 0.25) is 0 Å². The van der Waals surface area contributed by atoms with E-state index in [0.29, 0.717) is 19.4 Å². The Kier molecular flexibility index (Phi) is 5.77. The molecule has 2 rings (SSSR count). The van der Waals surface area contributed by atoms with Gasteiger partial charge in [0.05, 0.1) is 6.61 Å². The van der Waals surface area contributed by atoms with Gasteiger partial charge in [0.25, 0.3) is 0 Å². The quantitative estimate of drug-likeness (QED) is 0.713. The van der Waals surface area contributed by atoms with E-state index in [1.165, 1.54) is 0 Å². The van der Waals surface area contributed by atoms with E-state index in [1.807, 2.05) is 30.3 Å². The number of rotatable bonds is 8. The fourth-order valence-corrected chi connectivity index (χ4v) is 2.57. The molecular formula is C16H21NO5. The Labute approximate surface area is 129 Å². The lowest BCUT2D eigenvalue weighted by Crippen LogP contribution is -2.53. The van der Waals surface area contributed by atoms with Crippen LogP contribution in [0.5, 0.6) is 5.75 Å². The standard InChI is InChI=1S/C16H21NO5/c18-14(17-16(15(19)20)8-4-5-9-16)12-21-10-11-22-13-6-2-1-3-7-13/h1-3,6-7H,4-5,8-12H2,(H,17,18)(H,19,20). The molecule has 1 aliphatic rings. The number of amides is 1. The van der Waals surface area contributed by atoms with Crippen LogP contribution in [0.15, 0.2) is 30.3 Å². The molecule has 0 radical (unpaired) electrons. The minimum absolute atomic E-state index is 0.160. The molecule has 6 nitrogen and oxygen atoms in total. The number of benzene rings is 1. The Morgan fingerprint density at radius 3 is 2.45 bits per heavy atom. The van der Waals surface area contributed by atoms with Gasteiger partial charge in [-0.25, -0.2) is 4.79 Å². The third kappa shape index (κ3) is 4.46. The molecule has 0 unspecified atom stereocenters. The molecule has 0 bridgehead atoms. The first-order valence-corrected chi connectivity index (χ1v) is 7.42. The lowest BCUT2D eigenvalue weighted by molar-refractivity contribution is -0.148. The smallest absolute Gasteiger partial charge is 0.329 e. The number of aliphatic carboxylic acids is 1. The number of carbonyl (C=O) groups excluding carboxylic acids is 1. The molecule has 0 spiro atoms. The zero-order chi connectivity index (χ0) is 15.8. The molecule has 0 saturated heterocycles. The zero-order valence-corrected chi connectivity index (χ0v) is 12.4. The normalized spacial score (nSPS) is 16.2. The molecule has 1 aromatic rings. The average molecular weight is 307 g/mol. The SMILES string of the molecule is O=C(COCCOc1ccccc1)NC1(C(=O)O)CCCC1. The van der Waals surface area contributed by atoms with Gasteiger partial charge in [0.2, 0.25) is 5.91 Å². The molecule has 1 amide bonds. The maximum Gasteiger partial charge on any atom is 0.329 e. The second-order valence-electron chi connectivity index (χ2n) is 5.36. The van der Waals surface area contributed by atoms with Gasteiger partial charge in [-0.15, -0.1) is 0 Å². The van der Waals surface area contributed by atoms with Gasteiger partial charge < -0.3 is 19.9 Å². The summed E-state index contributed by atoms with van der Waals surface area (Å²) in [6, 6.07) is 9.31. The Morgan fingerprint density at radius 1 is 1.14 bits per heavy atom. The molecule has 1 saturated carbocycles. The zero-order valence-electron chi connectivity index (χ0n) is 12.4. The number of carboxylic acid groups (broad SMARTS) is 1. The Hall–Kier alpha value is -2.08. The highest BCUT2D eigenvalue weighted by Gasteiger charge is 2.42. The van der Waals surface area contributed by atoms with Crippen molar-refractivity contribution in [2.75, 3.05) is 19.8 Å². The van der Waals surface area contributed by atoms with Gasteiger partial charge in [-0.05, 0) is 25.0 Å². The predicted molar refractivity (Wildman–Crippen MR) is 79.7 cm³/mol. The number of carbonyl (C=O) groups is 2. The maximum atomic E-state index is 11.8. The molecule has 1 aromatic carbocycles. The van der Waals surface area contributed by atoms with E-state index in [1.54, 1.807) is 0 Å². The molecule has 120 valence electrons. The molecule has 1 aliphatic carbocycles. The van der Waals surface area contributed by atoms with Crippen LogP contribution in [0.1, 0.15) is 25.7 Å². The summed E-state index contributed by atoms with van der Waals surface area (Å²) in [6.45, 7) is 0.441. The van der Waals surface area contributed by atoms with Crippen molar-refractivity contribution in [2.45, 2.75) is 31.2 Å². The average Bonchev–Trinajstić information content (AvgIpc) is 2.98. The van der Waals surface area contributed by atoms with Crippen LogP contribution in [0, 0.1) is 0 Å². The summed E-state index contributed by atoms with van der Waals surface area (Å²) < 4.78 is 10.7. The van der Waals surface area contributed by atoms with Crippen molar-refractivity contribution in [2.24, 2.45) is 0 Å². The molecule has 0 heterocycles. The van der Waals surface area contributed by atoms with Gasteiger partial charge in [-0.3, -0.25) is 4.79 Å². The Bertz CT molecular complexity index is 497. The molecule has 2 N–H and O–H groups in total. The van der Waals surface area contributed by atoms with E-state index in [2.05, 4.69) is 5.32 Å². The second kappa shape index (κ2) is 7.79. The van der Waals surface area contributed by atoms with Crippen LogP contribution < -0.4 is 10.1 Å². The van der Waals surface area contributed by atoms with Gasteiger partial charge in [0.15, 0.2) is 0 Å². The summed E-state index contributed by atoms with van der Waals surface area (Å²) in [6.07, 6.45) is 2.59. The summed E-state index contributed by atoms with van der Waals surface area (Å²) in [7, 11) is 0. The van der Waals surface area contributed by atoms with Crippen LogP contribution in [0.4, 0.5) is 0 Å². The van der Waals surface area contributed by atoms with Crippen molar-refractivity contribution in [1.82, 2.24) is 5.32 Å². The highest BCUT2D eigenvalue weighted by atomic mass is 16.5. The number of carboxylic acids is 1. The highest BCUT2D eigenvalue weighted by Crippen LogP contribution is 2.29. The molecule has 6 heteroatoms. The second-order valence-corrected chi connectivity index (χ2v) is 5.36. The molecule has 1 fully saturated rings. The van der Waals surface area contributed by atoms with Crippen LogP contribution >= 0.6 is 0 Å². The first-order chi connectivity index (χ1) is 10.6. The van der Waals surface area contributed by atoms with Crippen LogP contribution in [-0.4, -0.2) is 42.3 Å². The predicted octanol–water partition coefficient (Wildman–Crippen LogP) is 1.60. The first kappa shape index (κ1) is 16.3. The van der Waals surface area contributed by atoms with E-state index in [0.717, 1.165) is 18.6 Å². The minimum Gasteiger partial charge on any atom is -0.491 e. The fourth-order valence-electron chi connectivity index (χ4n) is 2.57. The number of ether oxygens (including phenoxy) is 2. The van der Waals surface area contributed by atoms with E-state index >= 15 is 0 Å². The van der Waals surface area contributed by atoms with Gasteiger partial charge in [0.1, 0.15) is 24.5 Å². The number of nitrogens with one attached hydrogen (secondary N) is 1. The summed E-state index contributed by atoms with van der Waals surface area (Å²) in [5.41, 5.74) is -1.11. The lowest BCUT2D eigenvalue weighted by atomic mass is 9.98. The molecule has 0 atom stereocenters. The monoisotopic (exact) mass is 307 g/mol. The van der Waals surface area contributed by atoms with E-state index in [9.17, 15) is 14.7 Å². The molecule has 0 aliphatic heterocycles. The number of hydrogen-bond donors (Lipinski definition) is 2. The Morgan fingerprint density at radius 2 is 1.82 bits per heavy atom. The van der Waals surface area contributed by atoms with Gasteiger partial charge >= 0.3 is 5.97 Å². The van der Waals surface area contributed by atoms with Gasteiger partial charge in [-0.2, -0.15) is 0 Å². The summed E-state index contributed by atoms with van der Waals surface area (Å²) in [4.78, 5) is 23.1. The van der Waals surface area contributed by atoms with Crippen LogP contribution in [0.3, 0.4) is 0 Å². The topological polar surface area (TPSA) is 84.9 Å². The summed E-state index contributed by atoms with van der Waals surface area (Å²) in [5, 5.41) is 11.9. The molecule has 22 heavy (non-hydrogen) atoms. The highest BCUT2D eigenvalue weighted by molar-refractivity contribution is 5.87. The summed E-state index contributed by atoms with van der Waals surface area (Å²) in [5.74, 6) is -0.624. The van der Waals surface area contributed by atoms with Crippen molar-refractivity contribution >= 4 is 11.9 Å². The molecular weight excluding hydrogens is 286 g/mol. The van der Waals surface area contributed by atoms with Crippen molar-refractivity contribution in [3.63, 3.8) is 0 Å². The van der Waals surface area contributed by atoms with Crippen LogP contribution in [-0.2, 0) is 14.3 Å². The maximum absolute atomic E-state index is 11.8. The van der Waals surface area contributed by atoms with Crippen molar-refractivity contribution in [3.05, 3.63) is 30.3 Å². The van der Waals surface area contributed by atoms with Crippen molar-refractivity contribution < 1.29 is 24.2 Å². The van der Waals surface area contributed by atoms with E-state index in [-0.39, 0.29) is 13.2 Å². The number of hydrogen-bond acceptors (Lipinski definition) is 4. The van der Waals surface area contributed by atoms with E-state index < -0.39 is 17.4 Å². The minimum atomic E-state index is -1.11. The van der Waals surface area contributed by atoms with Crippen molar-refractivity contribution in [1.29, 1.82) is 0 Å². The largest absolute Gasteiger partial charge is 0.491 e. The first-order valence-electron chi connectivity index (χ1n) is 7.42. The summed E-state index contributed by atoms with van der Waals surface area (Å²) >= 11 is 0. The van der Waals surface area contributed by atoms with Gasteiger partial charge in [0, 0.05) is 0 Å². The Balaban J connectivity index is 1.64. The van der Waals surface area contributed by atoms with Crippen molar-refractivity contribution in [3.8, 4) is 5.75 Å². The third-order valence-electron chi connectivity index (χ3n) is 3.72. The van der Waals surface area contributed by atoms with E-state index in [4.69, 9.17) is 9.47 Å². The molecule has 0 aromatic heterocycles. The lowest BCUT2D eigenvalue weighted by Gasteiger charge is -2.25.